The van der Waals surface area contributed by atoms with Crippen LogP contribution in [0.4, 0.5) is 0 Å². The van der Waals surface area contributed by atoms with Gasteiger partial charge >= 0.3 is 0 Å². The highest BCUT2D eigenvalue weighted by molar-refractivity contribution is 8.01. The minimum atomic E-state index is 0.0638. The minimum Gasteiger partial charge on any atom is -0.355 e. The number of amides is 1. The first kappa shape index (κ1) is 13.0. The van der Waals surface area contributed by atoms with Crippen LogP contribution in [-0.4, -0.2) is 30.3 Å². The molecule has 2 aliphatic rings. The van der Waals surface area contributed by atoms with Crippen LogP contribution in [0.25, 0.3) is 0 Å². The maximum absolute atomic E-state index is 12.1. The van der Waals surface area contributed by atoms with E-state index in [2.05, 4.69) is 22.8 Å². The van der Waals surface area contributed by atoms with Crippen molar-refractivity contribution in [1.82, 2.24) is 10.6 Å². The van der Waals surface area contributed by atoms with Crippen LogP contribution in [0.15, 0.2) is 29.2 Å². The third kappa shape index (κ3) is 3.12. The highest BCUT2D eigenvalue weighted by Gasteiger charge is 2.27. The molecule has 1 aromatic rings. The summed E-state index contributed by atoms with van der Waals surface area (Å²) in [6.07, 6.45) is 4.44. The van der Waals surface area contributed by atoms with Gasteiger partial charge in [0.2, 0.25) is 5.91 Å². The quantitative estimate of drug-likeness (QED) is 0.883. The molecule has 0 radical (unpaired) electrons. The number of carbonyl (C=O) groups is 1. The predicted molar refractivity (Wildman–Crippen MR) is 78.4 cm³/mol. The molecule has 1 fully saturated rings. The van der Waals surface area contributed by atoms with Crippen molar-refractivity contribution in [3.63, 3.8) is 0 Å². The molecule has 3 rings (SSSR count). The molecule has 2 unspecified atom stereocenters. The summed E-state index contributed by atoms with van der Waals surface area (Å²) in [6, 6.07) is 8.92. The first-order valence-electron chi connectivity index (χ1n) is 7.08. The van der Waals surface area contributed by atoms with Crippen molar-refractivity contribution >= 4 is 17.7 Å². The van der Waals surface area contributed by atoms with Crippen LogP contribution in [-0.2, 0) is 11.2 Å². The minimum absolute atomic E-state index is 0.0638. The fraction of sp³-hybridized carbons (Fsp3) is 0.533. The molecule has 1 aromatic carbocycles. The van der Waals surface area contributed by atoms with Crippen molar-refractivity contribution in [2.24, 2.45) is 0 Å². The molecule has 102 valence electrons. The van der Waals surface area contributed by atoms with Gasteiger partial charge in [-0.15, -0.1) is 11.8 Å². The summed E-state index contributed by atoms with van der Waals surface area (Å²) in [6.45, 7) is 1.93. The van der Waals surface area contributed by atoms with E-state index >= 15 is 0 Å². The highest BCUT2D eigenvalue weighted by Crippen LogP contribution is 2.36. The van der Waals surface area contributed by atoms with Gasteiger partial charge in [-0.3, -0.25) is 4.79 Å². The highest BCUT2D eigenvalue weighted by atomic mass is 32.2. The lowest BCUT2D eigenvalue weighted by Gasteiger charge is -2.13. The summed E-state index contributed by atoms with van der Waals surface area (Å²) in [5.41, 5.74) is 1.31. The number of nitrogens with one attached hydrogen (secondary N) is 2. The lowest BCUT2D eigenvalue weighted by atomic mass is 10.1. The van der Waals surface area contributed by atoms with Gasteiger partial charge in [-0.2, -0.15) is 0 Å². The van der Waals surface area contributed by atoms with Crippen LogP contribution in [0.2, 0.25) is 0 Å². The number of hydrogen-bond donors (Lipinski definition) is 2. The summed E-state index contributed by atoms with van der Waals surface area (Å²) in [5.74, 6) is 0.194. The van der Waals surface area contributed by atoms with Gasteiger partial charge in [-0.05, 0) is 43.9 Å². The maximum Gasteiger partial charge on any atom is 0.233 e. The van der Waals surface area contributed by atoms with Crippen LogP contribution in [0.3, 0.4) is 0 Å². The average Bonchev–Trinajstić information content (AvgIpc) is 3.07. The van der Waals surface area contributed by atoms with E-state index < -0.39 is 0 Å². The van der Waals surface area contributed by atoms with Crippen molar-refractivity contribution in [3.8, 4) is 0 Å². The lowest BCUT2D eigenvalue weighted by molar-refractivity contribution is -0.120. The number of fused-ring (bicyclic) bond motifs is 1. The second kappa shape index (κ2) is 5.97. The Balaban J connectivity index is 1.44. The van der Waals surface area contributed by atoms with Gasteiger partial charge in [-0.25, -0.2) is 0 Å². The van der Waals surface area contributed by atoms with Gasteiger partial charge < -0.3 is 10.6 Å². The molecular formula is C15H20N2OS. The number of carbonyl (C=O) groups excluding carboxylic acids is 1. The van der Waals surface area contributed by atoms with Gasteiger partial charge in [0.05, 0.1) is 5.25 Å². The first-order valence-corrected chi connectivity index (χ1v) is 7.96. The molecule has 0 aromatic heterocycles. The summed E-state index contributed by atoms with van der Waals surface area (Å²) in [7, 11) is 0. The van der Waals surface area contributed by atoms with Gasteiger partial charge in [0, 0.05) is 17.5 Å². The van der Waals surface area contributed by atoms with Gasteiger partial charge in [-0.1, -0.05) is 18.2 Å². The smallest absolute Gasteiger partial charge is 0.233 e. The molecule has 2 N–H and O–H groups in total. The Morgan fingerprint density at radius 2 is 2.32 bits per heavy atom. The van der Waals surface area contributed by atoms with E-state index in [-0.39, 0.29) is 11.2 Å². The summed E-state index contributed by atoms with van der Waals surface area (Å²) in [4.78, 5) is 13.4. The van der Waals surface area contributed by atoms with Crippen LogP contribution in [0, 0.1) is 0 Å². The third-order valence-electron chi connectivity index (χ3n) is 3.89. The zero-order valence-corrected chi connectivity index (χ0v) is 11.8. The van der Waals surface area contributed by atoms with Gasteiger partial charge in [0.1, 0.15) is 0 Å². The molecule has 2 aliphatic heterocycles. The van der Waals surface area contributed by atoms with Crippen molar-refractivity contribution in [1.29, 1.82) is 0 Å². The second-order valence-electron chi connectivity index (χ2n) is 5.29. The third-order valence-corrected chi connectivity index (χ3v) is 5.21. The van der Waals surface area contributed by atoms with Crippen molar-refractivity contribution in [2.45, 2.75) is 41.9 Å². The SMILES string of the molecule is O=C(NCCC1CCCN1)C1Cc2ccccc2S1. The van der Waals surface area contributed by atoms with Crippen LogP contribution >= 0.6 is 11.8 Å². The molecule has 0 spiro atoms. The van der Waals surface area contributed by atoms with Gasteiger partial charge in [0.15, 0.2) is 0 Å². The van der Waals surface area contributed by atoms with Crippen molar-refractivity contribution in [3.05, 3.63) is 29.8 Å². The molecule has 1 saturated heterocycles. The van der Waals surface area contributed by atoms with Crippen LogP contribution in [0.5, 0.6) is 0 Å². The number of benzene rings is 1. The van der Waals surface area contributed by atoms with E-state index in [9.17, 15) is 4.79 Å². The number of thioether (sulfide) groups is 1. The Bertz CT molecular complexity index is 432. The molecule has 3 nitrogen and oxygen atoms in total. The Kier molecular flexibility index (Phi) is 4.09. The molecule has 2 atom stereocenters. The molecular weight excluding hydrogens is 256 g/mol. The molecule has 0 saturated carbocycles. The van der Waals surface area contributed by atoms with Crippen molar-refractivity contribution in [2.75, 3.05) is 13.1 Å². The van der Waals surface area contributed by atoms with E-state index in [1.165, 1.54) is 23.3 Å². The molecule has 0 aliphatic carbocycles. The Labute approximate surface area is 118 Å². The second-order valence-corrected chi connectivity index (χ2v) is 6.54. The van der Waals surface area contributed by atoms with E-state index in [1.54, 1.807) is 11.8 Å². The zero-order chi connectivity index (χ0) is 13.1. The van der Waals surface area contributed by atoms with E-state index in [1.807, 2.05) is 12.1 Å². The Hall–Kier alpha value is -1.00. The molecule has 19 heavy (non-hydrogen) atoms. The lowest BCUT2D eigenvalue weighted by Crippen LogP contribution is -2.35. The number of rotatable bonds is 4. The van der Waals surface area contributed by atoms with E-state index in [0.29, 0.717) is 6.04 Å². The topological polar surface area (TPSA) is 41.1 Å². The molecule has 0 bridgehead atoms. The summed E-state index contributed by atoms with van der Waals surface area (Å²) >= 11 is 1.70. The Morgan fingerprint density at radius 1 is 1.42 bits per heavy atom. The molecule has 2 heterocycles. The van der Waals surface area contributed by atoms with Crippen LogP contribution < -0.4 is 10.6 Å². The molecule has 4 heteroatoms. The first-order chi connectivity index (χ1) is 9.33. The van der Waals surface area contributed by atoms with E-state index in [0.717, 1.165) is 25.9 Å². The maximum atomic E-state index is 12.1. The zero-order valence-electron chi connectivity index (χ0n) is 11.0. The largest absolute Gasteiger partial charge is 0.355 e. The Morgan fingerprint density at radius 3 is 3.11 bits per heavy atom. The monoisotopic (exact) mass is 276 g/mol. The van der Waals surface area contributed by atoms with Crippen molar-refractivity contribution < 1.29 is 4.79 Å². The standard InChI is InChI=1S/C15H20N2OS/c18-15(17-9-7-12-5-3-8-16-12)14-10-11-4-1-2-6-13(11)19-14/h1-2,4,6,12,14,16H,3,5,7-10H2,(H,17,18). The number of hydrogen-bond acceptors (Lipinski definition) is 3. The fourth-order valence-corrected chi connectivity index (χ4v) is 4.03. The van der Waals surface area contributed by atoms with Crippen LogP contribution in [0.1, 0.15) is 24.8 Å². The van der Waals surface area contributed by atoms with E-state index in [4.69, 9.17) is 0 Å². The molecule has 1 amide bonds. The predicted octanol–water partition coefficient (Wildman–Crippen LogP) is 1.96. The average molecular weight is 276 g/mol. The fourth-order valence-electron chi connectivity index (χ4n) is 2.81. The normalized spacial score (nSPS) is 25.3. The summed E-state index contributed by atoms with van der Waals surface area (Å²) in [5, 5.41) is 6.61. The van der Waals surface area contributed by atoms with Gasteiger partial charge in [0.25, 0.3) is 0 Å². The summed E-state index contributed by atoms with van der Waals surface area (Å²) < 4.78 is 0.